The number of hydrogen-bond donors (Lipinski definition) is 1. The number of carbonyl (C=O) groups excluding carboxylic acids is 1. The second kappa shape index (κ2) is 6.56. The zero-order valence-electron chi connectivity index (χ0n) is 12.9. The fraction of sp³-hybridized carbons (Fsp3) is 0.588. The lowest BCUT2D eigenvalue weighted by atomic mass is 9.90. The molecule has 1 heterocycles. The van der Waals surface area contributed by atoms with Crippen molar-refractivity contribution in [3.8, 4) is 0 Å². The molecular weight excluding hydrogens is 267 g/mol. The van der Waals surface area contributed by atoms with E-state index >= 15 is 0 Å². The summed E-state index contributed by atoms with van der Waals surface area (Å²) in [7, 11) is 0. The summed E-state index contributed by atoms with van der Waals surface area (Å²) in [6, 6.07) is 6.61. The Morgan fingerprint density at radius 1 is 1.52 bits per heavy atom. The molecule has 0 aliphatic carbocycles. The van der Waals surface area contributed by atoms with Crippen LogP contribution in [-0.2, 0) is 11.2 Å². The Hall–Kier alpha value is -1.42. The average molecular weight is 292 g/mol. The molecule has 0 bridgehead atoms. The van der Waals surface area contributed by atoms with Crippen LogP contribution in [-0.4, -0.2) is 30.4 Å². The molecule has 2 unspecified atom stereocenters. The maximum absolute atomic E-state index is 13.2. The van der Waals surface area contributed by atoms with E-state index in [0.717, 1.165) is 31.5 Å². The van der Waals surface area contributed by atoms with Crippen LogP contribution in [0, 0.1) is 17.2 Å². The second-order valence-corrected chi connectivity index (χ2v) is 6.72. The van der Waals surface area contributed by atoms with E-state index in [9.17, 15) is 9.18 Å². The van der Waals surface area contributed by atoms with Crippen LogP contribution in [0.15, 0.2) is 24.3 Å². The van der Waals surface area contributed by atoms with Gasteiger partial charge in [0.25, 0.3) is 0 Å². The Bertz CT molecular complexity index is 505. The van der Waals surface area contributed by atoms with Crippen molar-refractivity contribution in [3.63, 3.8) is 0 Å². The van der Waals surface area contributed by atoms with Gasteiger partial charge in [-0.3, -0.25) is 4.79 Å². The van der Waals surface area contributed by atoms with Gasteiger partial charge in [-0.05, 0) is 48.4 Å². The van der Waals surface area contributed by atoms with Crippen molar-refractivity contribution < 1.29 is 9.18 Å². The molecular formula is C17H25FN2O. The molecule has 0 radical (unpaired) electrons. The van der Waals surface area contributed by atoms with Crippen molar-refractivity contribution >= 4 is 5.91 Å². The monoisotopic (exact) mass is 292 g/mol. The molecule has 0 spiro atoms. The second-order valence-electron chi connectivity index (χ2n) is 6.72. The van der Waals surface area contributed by atoms with Gasteiger partial charge >= 0.3 is 0 Å². The van der Waals surface area contributed by atoms with E-state index in [2.05, 4.69) is 6.92 Å². The summed E-state index contributed by atoms with van der Waals surface area (Å²) in [5.74, 6) is 0.185. The first-order valence-corrected chi connectivity index (χ1v) is 7.64. The van der Waals surface area contributed by atoms with E-state index in [0.29, 0.717) is 13.0 Å². The standard InChI is InChI=1S/C17H25FN2O/c1-13(8-14-4-3-5-15(18)10-14)9-16(21)20-7-6-17(2,11-19)12-20/h3-5,10,13H,6-9,11-12,19H2,1-2H3. The largest absolute Gasteiger partial charge is 0.342 e. The Kier molecular flexibility index (Phi) is 4.99. The van der Waals surface area contributed by atoms with E-state index in [-0.39, 0.29) is 23.1 Å². The van der Waals surface area contributed by atoms with E-state index in [1.165, 1.54) is 6.07 Å². The zero-order chi connectivity index (χ0) is 15.5. The molecule has 2 atom stereocenters. The summed E-state index contributed by atoms with van der Waals surface area (Å²) >= 11 is 0. The molecule has 1 saturated heterocycles. The van der Waals surface area contributed by atoms with Gasteiger partial charge in [0, 0.05) is 19.5 Å². The Balaban J connectivity index is 1.85. The molecule has 2 rings (SSSR count). The summed E-state index contributed by atoms with van der Waals surface area (Å²) < 4.78 is 13.2. The third-order valence-electron chi connectivity index (χ3n) is 4.40. The van der Waals surface area contributed by atoms with Gasteiger partial charge < -0.3 is 10.6 Å². The molecule has 3 nitrogen and oxygen atoms in total. The van der Waals surface area contributed by atoms with Crippen LogP contribution in [0.5, 0.6) is 0 Å². The molecule has 1 amide bonds. The molecule has 0 aromatic heterocycles. The average Bonchev–Trinajstić information content (AvgIpc) is 2.82. The number of hydrogen-bond acceptors (Lipinski definition) is 2. The van der Waals surface area contributed by atoms with Gasteiger partial charge in [0.15, 0.2) is 0 Å². The van der Waals surface area contributed by atoms with Gasteiger partial charge in [-0.25, -0.2) is 4.39 Å². The third kappa shape index (κ3) is 4.27. The highest BCUT2D eigenvalue weighted by atomic mass is 19.1. The number of likely N-dealkylation sites (tertiary alicyclic amines) is 1. The Morgan fingerprint density at radius 2 is 2.29 bits per heavy atom. The van der Waals surface area contributed by atoms with Gasteiger partial charge in [0.1, 0.15) is 5.82 Å². The fourth-order valence-corrected chi connectivity index (χ4v) is 2.97. The SMILES string of the molecule is CC(CC(=O)N1CCC(C)(CN)C1)Cc1cccc(F)c1. The number of nitrogens with two attached hydrogens (primary N) is 1. The van der Waals surface area contributed by atoms with E-state index in [4.69, 9.17) is 5.73 Å². The third-order valence-corrected chi connectivity index (χ3v) is 4.40. The summed E-state index contributed by atoms with van der Waals surface area (Å²) in [5, 5.41) is 0. The van der Waals surface area contributed by atoms with Crippen molar-refractivity contribution in [2.75, 3.05) is 19.6 Å². The molecule has 1 aliphatic rings. The molecule has 1 aromatic rings. The Morgan fingerprint density at radius 3 is 2.90 bits per heavy atom. The first-order valence-electron chi connectivity index (χ1n) is 7.64. The first kappa shape index (κ1) is 16.0. The summed E-state index contributed by atoms with van der Waals surface area (Å²) in [5.41, 5.74) is 6.79. The van der Waals surface area contributed by atoms with Crippen LogP contribution in [0.1, 0.15) is 32.3 Å². The molecule has 2 N–H and O–H groups in total. The highest BCUT2D eigenvalue weighted by Crippen LogP contribution is 2.29. The van der Waals surface area contributed by atoms with E-state index < -0.39 is 0 Å². The van der Waals surface area contributed by atoms with E-state index in [1.54, 1.807) is 12.1 Å². The van der Waals surface area contributed by atoms with Crippen molar-refractivity contribution in [1.82, 2.24) is 4.90 Å². The van der Waals surface area contributed by atoms with Crippen molar-refractivity contribution in [1.29, 1.82) is 0 Å². The minimum absolute atomic E-state index is 0.0709. The van der Waals surface area contributed by atoms with Gasteiger partial charge in [-0.2, -0.15) is 0 Å². The smallest absolute Gasteiger partial charge is 0.222 e. The minimum Gasteiger partial charge on any atom is -0.342 e. The van der Waals surface area contributed by atoms with Crippen LogP contribution in [0.2, 0.25) is 0 Å². The van der Waals surface area contributed by atoms with Gasteiger partial charge in [-0.1, -0.05) is 26.0 Å². The molecule has 4 heteroatoms. The molecule has 21 heavy (non-hydrogen) atoms. The lowest BCUT2D eigenvalue weighted by Gasteiger charge is -2.23. The van der Waals surface area contributed by atoms with Crippen LogP contribution in [0.3, 0.4) is 0 Å². The summed E-state index contributed by atoms with van der Waals surface area (Å²) in [6.07, 6.45) is 2.22. The predicted octanol–water partition coefficient (Wildman–Crippen LogP) is 2.59. The van der Waals surface area contributed by atoms with E-state index in [1.807, 2.05) is 17.9 Å². The summed E-state index contributed by atoms with van der Waals surface area (Å²) in [4.78, 5) is 14.3. The van der Waals surface area contributed by atoms with Crippen LogP contribution < -0.4 is 5.73 Å². The quantitative estimate of drug-likeness (QED) is 0.906. The highest BCUT2D eigenvalue weighted by Gasteiger charge is 2.34. The van der Waals surface area contributed by atoms with Crippen molar-refractivity contribution in [3.05, 3.63) is 35.6 Å². The fourth-order valence-electron chi connectivity index (χ4n) is 2.97. The number of rotatable bonds is 5. The number of carbonyl (C=O) groups is 1. The van der Waals surface area contributed by atoms with Crippen LogP contribution in [0.25, 0.3) is 0 Å². The van der Waals surface area contributed by atoms with Crippen molar-refractivity contribution in [2.45, 2.75) is 33.1 Å². The first-order chi connectivity index (χ1) is 9.92. The lowest BCUT2D eigenvalue weighted by molar-refractivity contribution is -0.131. The van der Waals surface area contributed by atoms with Crippen LogP contribution >= 0.6 is 0 Å². The number of amides is 1. The van der Waals surface area contributed by atoms with Crippen LogP contribution in [0.4, 0.5) is 4.39 Å². The maximum Gasteiger partial charge on any atom is 0.222 e. The molecule has 1 aliphatic heterocycles. The van der Waals surface area contributed by atoms with Gasteiger partial charge in [0.2, 0.25) is 5.91 Å². The normalized spacial score (nSPS) is 23.3. The van der Waals surface area contributed by atoms with Gasteiger partial charge in [-0.15, -0.1) is 0 Å². The molecule has 1 aromatic carbocycles. The predicted molar refractivity (Wildman–Crippen MR) is 82.2 cm³/mol. The summed E-state index contributed by atoms with van der Waals surface area (Å²) in [6.45, 7) is 6.36. The molecule has 0 saturated carbocycles. The zero-order valence-corrected chi connectivity index (χ0v) is 12.9. The van der Waals surface area contributed by atoms with Crippen molar-refractivity contribution in [2.24, 2.45) is 17.1 Å². The lowest BCUT2D eigenvalue weighted by Crippen LogP contribution is -2.35. The number of nitrogens with zero attached hydrogens (tertiary/aromatic N) is 1. The number of halogens is 1. The highest BCUT2D eigenvalue weighted by molar-refractivity contribution is 5.76. The minimum atomic E-state index is -0.218. The topological polar surface area (TPSA) is 46.3 Å². The maximum atomic E-state index is 13.2. The molecule has 116 valence electrons. The number of benzene rings is 1. The van der Waals surface area contributed by atoms with Gasteiger partial charge in [0.05, 0.1) is 0 Å². The molecule has 1 fully saturated rings. The Labute approximate surface area is 126 Å².